The highest BCUT2D eigenvalue weighted by Gasteiger charge is 2.18. The fraction of sp³-hybridized carbons (Fsp3) is 0.100. The van der Waals surface area contributed by atoms with Gasteiger partial charge in [0.2, 0.25) is 0 Å². The molecule has 0 saturated carbocycles. The topological polar surface area (TPSA) is 49.4 Å². The number of benzene rings is 3. The molecule has 0 aromatic heterocycles. The maximum absolute atomic E-state index is 12.9. The van der Waals surface area contributed by atoms with Crippen LogP contribution in [0.2, 0.25) is 0 Å². The Labute approximate surface area is 158 Å². The quantitative estimate of drug-likeness (QED) is 0.684. The molecule has 3 rings (SSSR count). The Hall–Kier alpha value is -2.68. The third kappa shape index (κ3) is 3.62. The second-order valence-electron chi connectivity index (χ2n) is 5.93. The lowest BCUT2D eigenvalue weighted by molar-refractivity contribution is 0.602. The SMILES string of the molecule is CN(C)c1cccc2c(S(=O)(=O)Nc3ccc(C#CCl)cc3)cccc12. The van der Waals surface area contributed by atoms with E-state index in [-0.39, 0.29) is 4.90 Å². The summed E-state index contributed by atoms with van der Waals surface area (Å²) in [5.41, 5.74) is 2.14. The van der Waals surface area contributed by atoms with Crippen LogP contribution in [0, 0.1) is 11.3 Å². The zero-order valence-electron chi connectivity index (χ0n) is 14.3. The number of halogens is 1. The van der Waals surface area contributed by atoms with Gasteiger partial charge in [-0.1, -0.05) is 24.3 Å². The molecule has 0 heterocycles. The standard InChI is InChI=1S/C20H17ClN2O2S/c1-23(2)19-7-3-6-18-17(19)5-4-8-20(18)26(24,25)22-16-11-9-15(10-12-16)13-14-21/h3-12,22H,1-2H3. The highest BCUT2D eigenvalue weighted by atomic mass is 35.5. The first-order valence-electron chi connectivity index (χ1n) is 7.86. The van der Waals surface area contributed by atoms with Gasteiger partial charge in [-0.3, -0.25) is 4.72 Å². The molecule has 6 heteroatoms. The van der Waals surface area contributed by atoms with E-state index in [2.05, 4.69) is 16.0 Å². The molecule has 0 atom stereocenters. The predicted octanol–water partition coefficient (Wildman–Crippen LogP) is 4.25. The van der Waals surface area contributed by atoms with Crippen molar-refractivity contribution in [1.29, 1.82) is 0 Å². The van der Waals surface area contributed by atoms with Gasteiger partial charge < -0.3 is 4.90 Å². The van der Waals surface area contributed by atoms with Crippen molar-refractivity contribution in [3.8, 4) is 11.3 Å². The molecule has 3 aromatic carbocycles. The van der Waals surface area contributed by atoms with E-state index < -0.39 is 10.0 Å². The summed E-state index contributed by atoms with van der Waals surface area (Å²) in [5, 5.41) is 3.85. The third-order valence-corrected chi connectivity index (χ3v) is 5.49. The number of nitrogens with one attached hydrogen (secondary N) is 1. The monoisotopic (exact) mass is 384 g/mol. The summed E-state index contributed by atoms with van der Waals surface area (Å²) in [6.07, 6.45) is 0. The number of rotatable bonds is 4. The van der Waals surface area contributed by atoms with Crippen LogP contribution >= 0.6 is 11.6 Å². The summed E-state index contributed by atoms with van der Waals surface area (Å²) in [6, 6.07) is 17.6. The fourth-order valence-electron chi connectivity index (χ4n) is 2.78. The molecule has 1 N–H and O–H groups in total. The van der Waals surface area contributed by atoms with Crippen molar-refractivity contribution in [2.75, 3.05) is 23.7 Å². The van der Waals surface area contributed by atoms with Crippen LogP contribution < -0.4 is 9.62 Å². The molecule has 0 amide bonds. The Morgan fingerprint density at radius 3 is 2.23 bits per heavy atom. The van der Waals surface area contributed by atoms with E-state index in [1.807, 2.05) is 43.3 Å². The molecule has 132 valence electrons. The molecule has 0 bridgehead atoms. The van der Waals surface area contributed by atoms with Gasteiger partial charge in [-0.25, -0.2) is 8.42 Å². The zero-order valence-corrected chi connectivity index (χ0v) is 15.9. The smallest absolute Gasteiger partial charge is 0.262 e. The van der Waals surface area contributed by atoms with Crippen LogP contribution in [0.1, 0.15) is 5.56 Å². The van der Waals surface area contributed by atoms with E-state index >= 15 is 0 Å². The van der Waals surface area contributed by atoms with E-state index in [1.165, 1.54) is 0 Å². The minimum absolute atomic E-state index is 0.239. The Morgan fingerprint density at radius 2 is 1.58 bits per heavy atom. The molecule has 0 radical (unpaired) electrons. The van der Waals surface area contributed by atoms with E-state index in [9.17, 15) is 8.42 Å². The van der Waals surface area contributed by atoms with Crippen molar-refractivity contribution in [2.24, 2.45) is 0 Å². The van der Waals surface area contributed by atoms with Crippen LogP contribution in [0.15, 0.2) is 65.6 Å². The Bertz CT molecular complexity index is 1110. The maximum Gasteiger partial charge on any atom is 0.262 e. The molecular weight excluding hydrogens is 368 g/mol. The second kappa shape index (κ2) is 7.28. The summed E-state index contributed by atoms with van der Waals surface area (Å²) < 4.78 is 28.5. The number of hydrogen-bond donors (Lipinski definition) is 1. The first-order chi connectivity index (χ1) is 12.4. The van der Waals surface area contributed by atoms with Gasteiger partial charge >= 0.3 is 0 Å². The number of sulfonamides is 1. The maximum atomic E-state index is 12.9. The fourth-order valence-corrected chi connectivity index (χ4v) is 4.17. The van der Waals surface area contributed by atoms with E-state index in [1.54, 1.807) is 36.4 Å². The highest BCUT2D eigenvalue weighted by molar-refractivity contribution is 7.93. The van der Waals surface area contributed by atoms with E-state index in [0.29, 0.717) is 16.6 Å². The van der Waals surface area contributed by atoms with Crippen molar-refractivity contribution in [1.82, 2.24) is 0 Å². The van der Waals surface area contributed by atoms with Crippen LogP contribution in [-0.4, -0.2) is 22.5 Å². The van der Waals surface area contributed by atoms with Gasteiger partial charge in [0.05, 0.1) is 4.90 Å². The highest BCUT2D eigenvalue weighted by Crippen LogP contribution is 2.31. The average Bonchev–Trinajstić information content (AvgIpc) is 2.62. The number of hydrogen-bond acceptors (Lipinski definition) is 3. The van der Waals surface area contributed by atoms with Gasteiger partial charge in [0.1, 0.15) is 0 Å². The summed E-state index contributed by atoms with van der Waals surface area (Å²) in [5.74, 6) is 2.70. The molecule has 0 unspecified atom stereocenters. The van der Waals surface area contributed by atoms with Crippen molar-refractivity contribution in [3.05, 3.63) is 66.2 Å². The zero-order chi connectivity index (χ0) is 18.7. The largest absolute Gasteiger partial charge is 0.377 e. The van der Waals surface area contributed by atoms with Crippen LogP contribution in [0.25, 0.3) is 10.8 Å². The van der Waals surface area contributed by atoms with E-state index in [0.717, 1.165) is 11.1 Å². The molecule has 0 aliphatic heterocycles. The first-order valence-corrected chi connectivity index (χ1v) is 9.72. The Balaban J connectivity index is 2.04. The van der Waals surface area contributed by atoms with Crippen LogP contribution in [0.3, 0.4) is 0 Å². The van der Waals surface area contributed by atoms with Gasteiger partial charge in [-0.05, 0) is 53.9 Å². The molecular formula is C20H17ClN2O2S. The molecule has 0 aliphatic rings. The summed E-state index contributed by atoms with van der Waals surface area (Å²) in [6.45, 7) is 0. The van der Waals surface area contributed by atoms with Crippen LogP contribution in [0.4, 0.5) is 11.4 Å². The van der Waals surface area contributed by atoms with Crippen molar-refractivity contribution < 1.29 is 8.42 Å². The third-order valence-electron chi connectivity index (χ3n) is 3.96. The van der Waals surface area contributed by atoms with E-state index in [4.69, 9.17) is 11.6 Å². The predicted molar refractivity (Wildman–Crippen MR) is 108 cm³/mol. The molecule has 4 nitrogen and oxygen atoms in total. The minimum atomic E-state index is -3.74. The lowest BCUT2D eigenvalue weighted by atomic mass is 10.1. The number of nitrogens with zero attached hydrogens (tertiary/aromatic N) is 1. The molecule has 0 fully saturated rings. The molecule has 0 aliphatic carbocycles. The van der Waals surface area contributed by atoms with Crippen LogP contribution in [0.5, 0.6) is 0 Å². The Kier molecular flexibility index (Phi) is 5.08. The van der Waals surface area contributed by atoms with Crippen molar-refractivity contribution >= 4 is 43.8 Å². The summed E-state index contributed by atoms with van der Waals surface area (Å²) in [7, 11) is 0.122. The first kappa shape index (κ1) is 18.1. The lowest BCUT2D eigenvalue weighted by Gasteiger charge is -2.17. The molecule has 26 heavy (non-hydrogen) atoms. The molecule has 0 saturated heterocycles. The number of anilines is 2. The average molecular weight is 385 g/mol. The van der Waals surface area contributed by atoms with Gasteiger partial charge in [-0.2, -0.15) is 0 Å². The van der Waals surface area contributed by atoms with Gasteiger partial charge in [-0.15, -0.1) is 0 Å². The van der Waals surface area contributed by atoms with Gasteiger partial charge in [0.15, 0.2) is 0 Å². The lowest BCUT2D eigenvalue weighted by Crippen LogP contribution is -2.14. The van der Waals surface area contributed by atoms with Gasteiger partial charge in [0, 0.05) is 47.2 Å². The summed E-state index contributed by atoms with van der Waals surface area (Å²) in [4.78, 5) is 2.20. The molecule has 3 aromatic rings. The van der Waals surface area contributed by atoms with Crippen molar-refractivity contribution in [2.45, 2.75) is 4.90 Å². The Morgan fingerprint density at radius 1 is 0.923 bits per heavy atom. The van der Waals surface area contributed by atoms with Crippen LogP contribution in [-0.2, 0) is 10.0 Å². The normalized spacial score (nSPS) is 10.9. The summed E-state index contributed by atoms with van der Waals surface area (Å²) >= 11 is 5.38. The van der Waals surface area contributed by atoms with Gasteiger partial charge in [0.25, 0.3) is 10.0 Å². The molecule has 0 spiro atoms. The second-order valence-corrected chi connectivity index (χ2v) is 7.76. The minimum Gasteiger partial charge on any atom is -0.377 e. The van der Waals surface area contributed by atoms with Crippen molar-refractivity contribution in [3.63, 3.8) is 0 Å². The number of fused-ring (bicyclic) bond motifs is 1.